The third-order valence-electron chi connectivity index (χ3n) is 4.31. The van der Waals surface area contributed by atoms with Gasteiger partial charge in [0.05, 0.1) is 0 Å². The lowest BCUT2D eigenvalue weighted by Gasteiger charge is -2.34. The summed E-state index contributed by atoms with van der Waals surface area (Å²) in [6, 6.07) is 8.61. The predicted octanol–water partition coefficient (Wildman–Crippen LogP) is 2.23. The molecule has 1 fully saturated rings. The number of hydrogen-bond donors (Lipinski definition) is 1. The quantitative estimate of drug-likeness (QED) is 0.926. The molecule has 0 aromatic heterocycles. The second kappa shape index (κ2) is 6.48. The summed E-state index contributed by atoms with van der Waals surface area (Å²) < 4.78 is 0. The molecule has 21 heavy (non-hydrogen) atoms. The zero-order valence-corrected chi connectivity index (χ0v) is 13.6. The molecule has 2 rings (SSSR count). The Labute approximate surface area is 128 Å². The number of nitrogens with one attached hydrogen (secondary N) is 1. The molecule has 1 heterocycles. The van der Waals surface area contributed by atoms with Gasteiger partial charge in [-0.25, -0.2) is 4.79 Å². The smallest absolute Gasteiger partial charge is 0.317 e. The van der Waals surface area contributed by atoms with Crippen molar-refractivity contribution in [3.05, 3.63) is 35.4 Å². The lowest BCUT2D eigenvalue weighted by atomic mass is 9.84. The van der Waals surface area contributed by atoms with Gasteiger partial charge in [0.2, 0.25) is 0 Å². The van der Waals surface area contributed by atoms with E-state index in [9.17, 15) is 4.79 Å². The molecule has 1 aliphatic heterocycles. The van der Waals surface area contributed by atoms with Crippen LogP contribution in [-0.4, -0.2) is 55.6 Å². The van der Waals surface area contributed by atoms with E-state index in [0.717, 1.165) is 26.2 Å². The normalized spacial score (nSPS) is 16.9. The summed E-state index contributed by atoms with van der Waals surface area (Å²) in [5, 5.41) is 3.09. The molecule has 1 aliphatic rings. The number of nitrogens with zero attached hydrogens (tertiary/aromatic N) is 2. The lowest BCUT2D eigenvalue weighted by Crippen LogP contribution is -2.52. The van der Waals surface area contributed by atoms with Crippen molar-refractivity contribution in [2.45, 2.75) is 26.2 Å². The van der Waals surface area contributed by atoms with Gasteiger partial charge in [0.25, 0.3) is 0 Å². The Bertz CT molecular complexity index is 473. The van der Waals surface area contributed by atoms with E-state index in [-0.39, 0.29) is 11.4 Å². The molecule has 1 saturated heterocycles. The van der Waals surface area contributed by atoms with Crippen molar-refractivity contribution in [2.75, 3.05) is 39.8 Å². The van der Waals surface area contributed by atoms with Crippen LogP contribution in [0.1, 0.15) is 25.0 Å². The van der Waals surface area contributed by atoms with E-state index in [1.807, 2.05) is 4.90 Å². The standard InChI is InChI=1S/C17H27N3O/c1-14-5-7-15(8-6-14)17(2,3)13-18-16(21)20-11-9-19(4)10-12-20/h5-8H,9-13H2,1-4H3,(H,18,21). The number of piperazine rings is 1. The van der Waals surface area contributed by atoms with Crippen LogP contribution in [0.5, 0.6) is 0 Å². The fraction of sp³-hybridized carbons (Fsp3) is 0.588. The van der Waals surface area contributed by atoms with Crippen LogP contribution < -0.4 is 5.32 Å². The van der Waals surface area contributed by atoms with Gasteiger partial charge in [-0.1, -0.05) is 43.7 Å². The van der Waals surface area contributed by atoms with Crippen molar-refractivity contribution < 1.29 is 4.79 Å². The Hall–Kier alpha value is -1.55. The third-order valence-corrected chi connectivity index (χ3v) is 4.31. The van der Waals surface area contributed by atoms with Gasteiger partial charge in [0, 0.05) is 38.1 Å². The van der Waals surface area contributed by atoms with E-state index >= 15 is 0 Å². The molecule has 0 unspecified atom stereocenters. The molecule has 4 nitrogen and oxygen atoms in total. The van der Waals surface area contributed by atoms with Crippen molar-refractivity contribution >= 4 is 6.03 Å². The first-order valence-electron chi connectivity index (χ1n) is 7.67. The van der Waals surface area contributed by atoms with Gasteiger partial charge in [0.15, 0.2) is 0 Å². The monoisotopic (exact) mass is 289 g/mol. The summed E-state index contributed by atoms with van der Waals surface area (Å²) in [6.07, 6.45) is 0. The number of likely N-dealkylation sites (N-methyl/N-ethyl adjacent to an activating group) is 1. The molecular weight excluding hydrogens is 262 g/mol. The van der Waals surface area contributed by atoms with Crippen LogP contribution >= 0.6 is 0 Å². The molecule has 2 amide bonds. The number of urea groups is 1. The van der Waals surface area contributed by atoms with Crippen LogP contribution in [0.25, 0.3) is 0 Å². The van der Waals surface area contributed by atoms with Crippen molar-refractivity contribution in [2.24, 2.45) is 0 Å². The van der Waals surface area contributed by atoms with E-state index in [0.29, 0.717) is 6.54 Å². The summed E-state index contributed by atoms with van der Waals surface area (Å²) in [7, 11) is 2.09. The minimum Gasteiger partial charge on any atom is -0.337 e. The van der Waals surface area contributed by atoms with Crippen molar-refractivity contribution in [1.82, 2.24) is 15.1 Å². The molecule has 116 valence electrons. The summed E-state index contributed by atoms with van der Waals surface area (Å²) in [4.78, 5) is 16.4. The molecule has 0 atom stereocenters. The van der Waals surface area contributed by atoms with E-state index in [4.69, 9.17) is 0 Å². The fourth-order valence-electron chi connectivity index (χ4n) is 2.52. The maximum absolute atomic E-state index is 12.2. The first-order chi connectivity index (χ1) is 9.88. The van der Waals surface area contributed by atoms with Gasteiger partial charge >= 0.3 is 6.03 Å². The van der Waals surface area contributed by atoms with Gasteiger partial charge in [0.1, 0.15) is 0 Å². The van der Waals surface area contributed by atoms with Gasteiger partial charge in [-0.3, -0.25) is 0 Å². The number of carbonyl (C=O) groups is 1. The first-order valence-corrected chi connectivity index (χ1v) is 7.67. The maximum atomic E-state index is 12.2. The number of carbonyl (C=O) groups excluding carboxylic acids is 1. The lowest BCUT2D eigenvalue weighted by molar-refractivity contribution is 0.153. The molecule has 0 saturated carbocycles. The average Bonchev–Trinajstić information content (AvgIpc) is 2.46. The predicted molar refractivity (Wildman–Crippen MR) is 86.7 cm³/mol. The molecule has 1 N–H and O–H groups in total. The van der Waals surface area contributed by atoms with Gasteiger partial charge in [-0.2, -0.15) is 0 Å². The van der Waals surface area contributed by atoms with Crippen LogP contribution in [0.4, 0.5) is 4.79 Å². The number of rotatable bonds is 3. The molecule has 1 aromatic rings. The van der Waals surface area contributed by atoms with E-state index in [2.05, 4.69) is 62.3 Å². The number of amides is 2. The maximum Gasteiger partial charge on any atom is 0.317 e. The molecular formula is C17H27N3O. The van der Waals surface area contributed by atoms with Crippen molar-refractivity contribution in [3.63, 3.8) is 0 Å². The molecule has 1 aromatic carbocycles. The molecule has 4 heteroatoms. The van der Waals surface area contributed by atoms with Crippen LogP contribution in [0.2, 0.25) is 0 Å². The molecule has 0 spiro atoms. The Balaban J connectivity index is 1.89. The summed E-state index contributed by atoms with van der Waals surface area (Å²) in [5.74, 6) is 0. The highest BCUT2D eigenvalue weighted by Gasteiger charge is 2.24. The first kappa shape index (κ1) is 15.8. The molecule has 0 aliphatic carbocycles. The summed E-state index contributed by atoms with van der Waals surface area (Å²) >= 11 is 0. The van der Waals surface area contributed by atoms with Gasteiger partial charge in [-0.15, -0.1) is 0 Å². The SMILES string of the molecule is Cc1ccc(C(C)(C)CNC(=O)N2CCN(C)CC2)cc1. The number of aryl methyl sites for hydroxylation is 1. The average molecular weight is 289 g/mol. The van der Waals surface area contributed by atoms with Crippen molar-refractivity contribution in [1.29, 1.82) is 0 Å². The second-order valence-electron chi connectivity index (χ2n) is 6.70. The van der Waals surface area contributed by atoms with Crippen LogP contribution in [0.15, 0.2) is 24.3 Å². The molecule has 0 radical (unpaired) electrons. The van der Waals surface area contributed by atoms with Crippen molar-refractivity contribution in [3.8, 4) is 0 Å². The third kappa shape index (κ3) is 4.21. The van der Waals surface area contributed by atoms with E-state index < -0.39 is 0 Å². The topological polar surface area (TPSA) is 35.6 Å². The van der Waals surface area contributed by atoms with Crippen LogP contribution in [0, 0.1) is 6.92 Å². The highest BCUT2D eigenvalue weighted by atomic mass is 16.2. The zero-order chi connectivity index (χ0) is 15.5. The number of hydrogen-bond acceptors (Lipinski definition) is 2. The second-order valence-corrected chi connectivity index (χ2v) is 6.70. The summed E-state index contributed by atoms with van der Waals surface area (Å²) in [6.45, 7) is 10.6. The largest absolute Gasteiger partial charge is 0.337 e. The Morgan fingerprint density at radius 2 is 1.71 bits per heavy atom. The summed E-state index contributed by atoms with van der Waals surface area (Å²) in [5.41, 5.74) is 2.46. The highest BCUT2D eigenvalue weighted by molar-refractivity contribution is 5.74. The Morgan fingerprint density at radius 3 is 2.29 bits per heavy atom. The van der Waals surface area contributed by atoms with E-state index in [1.165, 1.54) is 11.1 Å². The Morgan fingerprint density at radius 1 is 1.14 bits per heavy atom. The minimum absolute atomic E-state index is 0.0586. The number of benzene rings is 1. The van der Waals surface area contributed by atoms with Crippen LogP contribution in [0.3, 0.4) is 0 Å². The highest BCUT2D eigenvalue weighted by Crippen LogP contribution is 2.22. The zero-order valence-electron chi connectivity index (χ0n) is 13.6. The Kier molecular flexibility index (Phi) is 4.88. The van der Waals surface area contributed by atoms with Gasteiger partial charge in [-0.05, 0) is 19.5 Å². The van der Waals surface area contributed by atoms with E-state index in [1.54, 1.807) is 0 Å². The molecule has 0 bridgehead atoms. The fourth-order valence-corrected chi connectivity index (χ4v) is 2.52. The minimum atomic E-state index is -0.0596. The van der Waals surface area contributed by atoms with Gasteiger partial charge < -0.3 is 15.1 Å². The van der Waals surface area contributed by atoms with Crippen LogP contribution in [-0.2, 0) is 5.41 Å².